The van der Waals surface area contributed by atoms with Gasteiger partial charge in [-0.15, -0.1) is 0 Å². The van der Waals surface area contributed by atoms with Crippen LogP contribution in [0.4, 0.5) is 0 Å². The number of carbonyl (C=O) groups excluding carboxylic acids is 2. The first-order chi connectivity index (χ1) is 13.1. The van der Waals surface area contributed by atoms with Gasteiger partial charge in [0.2, 0.25) is 5.91 Å². The Labute approximate surface area is 159 Å². The van der Waals surface area contributed by atoms with Crippen LogP contribution in [0.1, 0.15) is 17.5 Å². The minimum atomic E-state index is -1.11. The lowest BCUT2D eigenvalue weighted by atomic mass is 9.82. The number of amides is 1. The monoisotopic (exact) mass is 360 g/mol. The topological polar surface area (TPSA) is 60.4 Å². The molecule has 0 unspecified atom stereocenters. The Hall–Kier alpha value is -2.88. The zero-order valence-electron chi connectivity index (χ0n) is 15.0. The molecule has 4 heteroatoms. The third-order valence-electron chi connectivity index (χ3n) is 5.76. The van der Waals surface area contributed by atoms with Gasteiger partial charge in [-0.05, 0) is 29.4 Å². The SMILES string of the molecule is O=C([O-])[C@@H]1[C@@H](C(=O)N(Cc2ccccc2)Cc2ccccc2)[C@H]2C=C[C@H]1C2. The summed E-state index contributed by atoms with van der Waals surface area (Å²) in [7, 11) is 0. The summed E-state index contributed by atoms with van der Waals surface area (Å²) in [5.41, 5.74) is 2.07. The van der Waals surface area contributed by atoms with Gasteiger partial charge in [0.1, 0.15) is 0 Å². The largest absolute Gasteiger partial charge is 0.550 e. The summed E-state index contributed by atoms with van der Waals surface area (Å²) >= 11 is 0. The molecule has 0 radical (unpaired) electrons. The Bertz CT molecular complexity index is 805. The quantitative estimate of drug-likeness (QED) is 0.743. The van der Waals surface area contributed by atoms with Crippen LogP contribution >= 0.6 is 0 Å². The maximum Gasteiger partial charge on any atom is 0.227 e. The summed E-state index contributed by atoms with van der Waals surface area (Å²) < 4.78 is 0. The third kappa shape index (κ3) is 3.52. The molecule has 1 fully saturated rings. The van der Waals surface area contributed by atoms with Crippen LogP contribution in [-0.4, -0.2) is 16.8 Å². The van der Waals surface area contributed by atoms with Gasteiger partial charge in [-0.2, -0.15) is 0 Å². The Morgan fingerprint density at radius 1 is 0.815 bits per heavy atom. The number of carboxylic acids is 1. The molecule has 2 aliphatic rings. The van der Waals surface area contributed by atoms with Crippen molar-refractivity contribution >= 4 is 11.9 Å². The van der Waals surface area contributed by atoms with Crippen LogP contribution in [0, 0.1) is 23.7 Å². The van der Waals surface area contributed by atoms with E-state index in [9.17, 15) is 14.7 Å². The molecule has 0 N–H and O–H groups in total. The van der Waals surface area contributed by atoms with Crippen LogP contribution in [0.5, 0.6) is 0 Å². The van der Waals surface area contributed by atoms with Crippen molar-refractivity contribution in [2.45, 2.75) is 19.5 Å². The van der Waals surface area contributed by atoms with Crippen molar-refractivity contribution in [1.82, 2.24) is 4.90 Å². The van der Waals surface area contributed by atoms with Gasteiger partial charge in [0, 0.05) is 25.0 Å². The average molecular weight is 360 g/mol. The van der Waals surface area contributed by atoms with Crippen molar-refractivity contribution in [2.75, 3.05) is 0 Å². The zero-order valence-corrected chi connectivity index (χ0v) is 15.0. The molecule has 4 atom stereocenters. The summed E-state index contributed by atoms with van der Waals surface area (Å²) in [5, 5.41) is 11.7. The number of carbonyl (C=O) groups is 2. The fourth-order valence-electron chi connectivity index (χ4n) is 4.51. The third-order valence-corrected chi connectivity index (χ3v) is 5.76. The highest BCUT2D eigenvalue weighted by Gasteiger charge is 2.49. The van der Waals surface area contributed by atoms with E-state index in [4.69, 9.17) is 0 Å². The number of benzene rings is 2. The molecule has 0 heterocycles. The van der Waals surface area contributed by atoms with Crippen LogP contribution in [0.3, 0.4) is 0 Å². The molecule has 138 valence electrons. The molecule has 1 saturated carbocycles. The molecule has 4 rings (SSSR count). The van der Waals surface area contributed by atoms with Gasteiger partial charge in [0.05, 0.1) is 5.92 Å². The molecule has 0 spiro atoms. The minimum Gasteiger partial charge on any atom is -0.550 e. The van der Waals surface area contributed by atoms with E-state index in [1.54, 1.807) is 4.90 Å². The second-order valence-corrected chi connectivity index (χ2v) is 7.48. The standard InChI is InChI=1S/C23H23NO3/c25-22(20-18-11-12-19(13-18)21(20)23(26)27)24(14-16-7-3-1-4-8-16)15-17-9-5-2-6-10-17/h1-12,18-21H,13-15H2,(H,26,27)/p-1/t18-,19-,20-,21-/m0/s1. The van der Waals surface area contributed by atoms with E-state index in [0.717, 1.165) is 17.5 Å². The highest BCUT2D eigenvalue weighted by molar-refractivity contribution is 5.86. The van der Waals surface area contributed by atoms with E-state index in [1.165, 1.54) is 0 Å². The van der Waals surface area contributed by atoms with Crippen molar-refractivity contribution in [1.29, 1.82) is 0 Å². The van der Waals surface area contributed by atoms with Crippen LogP contribution in [0.15, 0.2) is 72.8 Å². The van der Waals surface area contributed by atoms with E-state index >= 15 is 0 Å². The lowest BCUT2D eigenvalue weighted by Gasteiger charge is -2.33. The first-order valence-electron chi connectivity index (χ1n) is 9.39. The van der Waals surface area contributed by atoms with E-state index in [2.05, 4.69) is 0 Å². The highest BCUT2D eigenvalue weighted by Crippen LogP contribution is 2.48. The predicted octanol–water partition coefficient (Wildman–Crippen LogP) is 2.40. The predicted molar refractivity (Wildman–Crippen MR) is 99.9 cm³/mol. The molecule has 0 saturated heterocycles. The molecule has 2 bridgehead atoms. The van der Waals surface area contributed by atoms with Crippen molar-refractivity contribution in [3.05, 3.63) is 83.9 Å². The van der Waals surface area contributed by atoms with E-state index in [-0.39, 0.29) is 17.7 Å². The van der Waals surface area contributed by atoms with Crippen LogP contribution in [0.2, 0.25) is 0 Å². The molecule has 1 amide bonds. The van der Waals surface area contributed by atoms with Gasteiger partial charge < -0.3 is 14.8 Å². The first-order valence-corrected chi connectivity index (χ1v) is 9.39. The smallest absolute Gasteiger partial charge is 0.227 e. The molecule has 0 aromatic heterocycles. The Morgan fingerprint density at radius 2 is 1.30 bits per heavy atom. The number of rotatable bonds is 6. The van der Waals surface area contributed by atoms with Crippen molar-refractivity contribution < 1.29 is 14.7 Å². The molecule has 2 aliphatic carbocycles. The summed E-state index contributed by atoms with van der Waals surface area (Å²) in [6, 6.07) is 19.6. The lowest BCUT2D eigenvalue weighted by Crippen LogP contribution is -2.46. The second-order valence-electron chi connectivity index (χ2n) is 7.48. The fraction of sp³-hybridized carbons (Fsp3) is 0.304. The number of hydrogen-bond donors (Lipinski definition) is 0. The number of aliphatic carboxylic acids is 1. The van der Waals surface area contributed by atoms with Crippen molar-refractivity contribution in [3.8, 4) is 0 Å². The van der Waals surface area contributed by atoms with Crippen LogP contribution in [-0.2, 0) is 22.7 Å². The van der Waals surface area contributed by atoms with Gasteiger partial charge in [-0.25, -0.2) is 0 Å². The summed E-state index contributed by atoms with van der Waals surface area (Å²) in [4.78, 5) is 27.0. The number of hydrogen-bond acceptors (Lipinski definition) is 3. The van der Waals surface area contributed by atoms with Gasteiger partial charge >= 0.3 is 0 Å². The normalized spacial score (nSPS) is 25.5. The lowest BCUT2D eigenvalue weighted by molar-refractivity contribution is -0.313. The zero-order chi connectivity index (χ0) is 18.8. The average Bonchev–Trinajstić information content (AvgIpc) is 3.30. The molecule has 4 nitrogen and oxygen atoms in total. The summed E-state index contributed by atoms with van der Waals surface area (Å²) in [6.07, 6.45) is 4.68. The minimum absolute atomic E-state index is 0.000512. The molecular formula is C23H22NO3-. The van der Waals surface area contributed by atoms with Crippen LogP contribution < -0.4 is 5.11 Å². The molecule has 0 aliphatic heterocycles. The molecule has 27 heavy (non-hydrogen) atoms. The fourth-order valence-corrected chi connectivity index (χ4v) is 4.51. The van der Waals surface area contributed by atoms with Gasteiger partial charge in [0.25, 0.3) is 0 Å². The second kappa shape index (κ2) is 7.39. The van der Waals surface area contributed by atoms with E-state index < -0.39 is 17.8 Å². The van der Waals surface area contributed by atoms with Gasteiger partial charge in [-0.3, -0.25) is 4.79 Å². The molecule has 2 aromatic rings. The maximum absolute atomic E-state index is 13.5. The first kappa shape index (κ1) is 17.5. The maximum atomic E-state index is 13.5. The Morgan fingerprint density at radius 3 is 1.78 bits per heavy atom. The number of fused-ring (bicyclic) bond motifs is 2. The Kier molecular flexibility index (Phi) is 4.80. The highest BCUT2D eigenvalue weighted by atomic mass is 16.4. The summed E-state index contributed by atoms with van der Waals surface area (Å²) in [6.45, 7) is 0.928. The van der Waals surface area contributed by atoms with Gasteiger partial charge in [-0.1, -0.05) is 72.8 Å². The number of nitrogens with zero attached hydrogens (tertiary/aromatic N) is 1. The van der Waals surface area contributed by atoms with Gasteiger partial charge in [0.15, 0.2) is 0 Å². The van der Waals surface area contributed by atoms with E-state index in [0.29, 0.717) is 13.1 Å². The number of allylic oxidation sites excluding steroid dienone is 2. The summed E-state index contributed by atoms with van der Waals surface area (Å²) in [5.74, 6) is -2.53. The molecular weight excluding hydrogens is 338 g/mol. The Balaban J connectivity index is 1.62. The van der Waals surface area contributed by atoms with E-state index in [1.807, 2.05) is 72.8 Å². The van der Waals surface area contributed by atoms with Crippen molar-refractivity contribution in [2.24, 2.45) is 23.7 Å². The van der Waals surface area contributed by atoms with Crippen molar-refractivity contribution in [3.63, 3.8) is 0 Å². The molecule has 2 aromatic carbocycles. The van der Waals surface area contributed by atoms with Crippen LogP contribution in [0.25, 0.3) is 0 Å². The number of carboxylic acid groups (broad SMARTS) is 1.